The molecule has 78 valence electrons. The summed E-state index contributed by atoms with van der Waals surface area (Å²) < 4.78 is 4.68. The molecule has 1 aromatic rings. The van der Waals surface area contributed by atoms with Gasteiger partial charge in [-0.1, -0.05) is 12.1 Å². The molecule has 0 aliphatic rings. The van der Waals surface area contributed by atoms with Crippen molar-refractivity contribution in [1.29, 1.82) is 0 Å². The molecule has 0 saturated carbocycles. The van der Waals surface area contributed by atoms with E-state index >= 15 is 0 Å². The number of anilines is 1. The van der Waals surface area contributed by atoms with Gasteiger partial charge in [0.15, 0.2) is 5.82 Å². The van der Waals surface area contributed by atoms with Crippen LogP contribution in [0.3, 0.4) is 0 Å². The Morgan fingerprint density at radius 2 is 2.50 bits per heavy atom. The molecule has 0 bridgehead atoms. The highest BCUT2D eigenvalue weighted by Gasteiger charge is 2.19. The molecular weight excluding hydrogens is 200 g/mol. The largest absolute Gasteiger partial charge is 0.363 e. The molecule has 0 N–H and O–H groups in total. The Hall–Kier alpha value is -0.970. The Morgan fingerprint density at radius 3 is 3.00 bits per heavy atom. The van der Waals surface area contributed by atoms with E-state index in [9.17, 15) is 4.79 Å². The van der Waals surface area contributed by atoms with Crippen molar-refractivity contribution in [2.24, 2.45) is 5.92 Å². The van der Waals surface area contributed by atoms with Crippen molar-refractivity contribution in [3.05, 3.63) is 12.3 Å². The average molecular weight is 214 g/mol. The summed E-state index contributed by atoms with van der Waals surface area (Å²) in [6.07, 6.45) is 3.44. The molecule has 1 heterocycles. The zero-order valence-corrected chi connectivity index (χ0v) is 9.37. The summed E-state index contributed by atoms with van der Waals surface area (Å²) in [7, 11) is 1.71. The van der Waals surface area contributed by atoms with E-state index in [4.69, 9.17) is 0 Å². The fraction of sp³-hybridized carbons (Fsp3) is 0.556. The fourth-order valence-electron chi connectivity index (χ4n) is 1.14. The summed E-state index contributed by atoms with van der Waals surface area (Å²) in [6.45, 7) is 1.91. The Balaban J connectivity index is 2.61. The van der Waals surface area contributed by atoms with Gasteiger partial charge < -0.3 is 4.52 Å². The minimum Gasteiger partial charge on any atom is -0.363 e. The highest BCUT2D eigenvalue weighted by atomic mass is 32.2. The third-order valence-corrected chi connectivity index (χ3v) is 2.77. The van der Waals surface area contributed by atoms with E-state index in [1.165, 1.54) is 11.2 Å². The number of nitrogens with zero attached hydrogens (tertiary/aromatic N) is 2. The Labute approximate surface area is 87.6 Å². The first kappa shape index (κ1) is 11.1. The zero-order chi connectivity index (χ0) is 10.6. The van der Waals surface area contributed by atoms with Crippen LogP contribution in [0.2, 0.25) is 0 Å². The fourth-order valence-corrected chi connectivity index (χ4v) is 1.79. The van der Waals surface area contributed by atoms with Crippen LogP contribution < -0.4 is 4.90 Å². The lowest BCUT2D eigenvalue weighted by atomic mass is 10.2. The van der Waals surface area contributed by atoms with Gasteiger partial charge in [0, 0.05) is 24.8 Å². The van der Waals surface area contributed by atoms with Crippen LogP contribution in [0, 0.1) is 5.92 Å². The average Bonchev–Trinajstić information content (AvgIpc) is 2.68. The summed E-state index contributed by atoms with van der Waals surface area (Å²) in [6, 6.07) is 1.67. The van der Waals surface area contributed by atoms with Gasteiger partial charge in [-0.25, -0.2) is 0 Å². The van der Waals surface area contributed by atoms with Crippen LogP contribution in [-0.2, 0) is 4.79 Å². The minimum atomic E-state index is 0.00620. The Bertz CT molecular complexity index is 287. The lowest BCUT2D eigenvalue weighted by Gasteiger charge is -2.17. The van der Waals surface area contributed by atoms with Crippen LogP contribution in [-0.4, -0.2) is 30.1 Å². The third kappa shape index (κ3) is 2.51. The van der Waals surface area contributed by atoms with Crippen molar-refractivity contribution < 1.29 is 9.32 Å². The number of carbonyl (C=O) groups is 1. The molecule has 1 aromatic heterocycles. The van der Waals surface area contributed by atoms with Crippen molar-refractivity contribution in [3.8, 4) is 0 Å². The first-order valence-corrected chi connectivity index (χ1v) is 5.73. The molecule has 0 saturated heterocycles. The molecule has 1 amide bonds. The maximum atomic E-state index is 11.8. The van der Waals surface area contributed by atoms with E-state index in [-0.39, 0.29) is 11.8 Å². The molecule has 1 rings (SSSR count). The highest BCUT2D eigenvalue weighted by molar-refractivity contribution is 7.98. The van der Waals surface area contributed by atoms with Crippen LogP contribution in [0.15, 0.2) is 16.9 Å². The summed E-state index contributed by atoms with van der Waals surface area (Å²) in [5, 5.41) is 3.70. The lowest BCUT2D eigenvalue weighted by Crippen LogP contribution is -2.32. The SMILES string of the molecule is CSCC(C)C(=O)N(C)c1ccon1. The van der Waals surface area contributed by atoms with Crippen LogP contribution >= 0.6 is 11.8 Å². The van der Waals surface area contributed by atoms with E-state index < -0.39 is 0 Å². The third-order valence-electron chi connectivity index (χ3n) is 1.94. The van der Waals surface area contributed by atoms with Gasteiger partial charge in [-0.05, 0) is 6.26 Å². The molecule has 0 aromatic carbocycles. The molecule has 0 spiro atoms. The van der Waals surface area contributed by atoms with Gasteiger partial charge >= 0.3 is 0 Å². The predicted octanol–water partition coefficient (Wildman–Crippen LogP) is 1.64. The van der Waals surface area contributed by atoms with E-state index in [0.29, 0.717) is 5.82 Å². The Morgan fingerprint density at radius 1 is 1.79 bits per heavy atom. The Kier molecular flexibility index (Phi) is 4.00. The van der Waals surface area contributed by atoms with Crippen molar-refractivity contribution in [1.82, 2.24) is 5.16 Å². The van der Waals surface area contributed by atoms with Crippen LogP contribution in [0.5, 0.6) is 0 Å². The highest BCUT2D eigenvalue weighted by Crippen LogP contribution is 2.13. The molecule has 0 radical (unpaired) electrons. The second kappa shape index (κ2) is 5.05. The monoisotopic (exact) mass is 214 g/mol. The van der Waals surface area contributed by atoms with Crippen molar-refractivity contribution in [2.75, 3.05) is 24.0 Å². The molecule has 5 heteroatoms. The molecule has 0 fully saturated rings. The molecular formula is C9H14N2O2S. The van der Waals surface area contributed by atoms with Gasteiger partial charge in [-0.3, -0.25) is 9.69 Å². The van der Waals surface area contributed by atoms with Crippen molar-refractivity contribution in [3.63, 3.8) is 0 Å². The number of carbonyl (C=O) groups excluding carboxylic acids is 1. The number of hydrogen-bond donors (Lipinski definition) is 0. The topological polar surface area (TPSA) is 46.3 Å². The second-order valence-electron chi connectivity index (χ2n) is 3.11. The summed E-state index contributed by atoms with van der Waals surface area (Å²) >= 11 is 1.66. The van der Waals surface area contributed by atoms with Gasteiger partial charge in [-0.15, -0.1) is 0 Å². The summed E-state index contributed by atoms with van der Waals surface area (Å²) in [5.41, 5.74) is 0. The predicted molar refractivity (Wildman–Crippen MR) is 57.5 cm³/mol. The molecule has 0 aliphatic heterocycles. The number of hydrogen-bond acceptors (Lipinski definition) is 4. The van der Waals surface area contributed by atoms with E-state index in [1.807, 2.05) is 13.2 Å². The van der Waals surface area contributed by atoms with E-state index in [1.54, 1.807) is 24.9 Å². The second-order valence-corrected chi connectivity index (χ2v) is 4.02. The molecule has 1 unspecified atom stereocenters. The number of amides is 1. The van der Waals surface area contributed by atoms with Crippen LogP contribution in [0.1, 0.15) is 6.92 Å². The number of rotatable bonds is 4. The van der Waals surface area contributed by atoms with Gasteiger partial charge in [0.05, 0.1) is 0 Å². The van der Waals surface area contributed by atoms with Crippen LogP contribution in [0.4, 0.5) is 5.82 Å². The molecule has 0 aliphatic carbocycles. The summed E-state index contributed by atoms with van der Waals surface area (Å²) in [5.74, 6) is 1.45. The van der Waals surface area contributed by atoms with Crippen molar-refractivity contribution >= 4 is 23.5 Å². The molecule has 1 atom stereocenters. The molecule has 14 heavy (non-hydrogen) atoms. The van der Waals surface area contributed by atoms with Gasteiger partial charge in [0.1, 0.15) is 6.26 Å². The lowest BCUT2D eigenvalue weighted by molar-refractivity contribution is -0.121. The number of thioether (sulfide) groups is 1. The summed E-state index contributed by atoms with van der Waals surface area (Å²) in [4.78, 5) is 13.3. The smallest absolute Gasteiger partial charge is 0.231 e. The van der Waals surface area contributed by atoms with E-state index in [0.717, 1.165) is 5.75 Å². The number of aromatic nitrogens is 1. The maximum Gasteiger partial charge on any atom is 0.231 e. The normalized spacial score (nSPS) is 12.5. The van der Waals surface area contributed by atoms with Crippen LogP contribution in [0.25, 0.3) is 0 Å². The standard InChI is InChI=1S/C9H14N2O2S/c1-7(6-14-3)9(12)11(2)8-4-5-13-10-8/h4-5,7H,6H2,1-3H3. The maximum absolute atomic E-state index is 11.8. The first-order chi connectivity index (χ1) is 6.66. The van der Waals surface area contributed by atoms with Gasteiger partial charge in [-0.2, -0.15) is 11.8 Å². The molecule has 4 nitrogen and oxygen atoms in total. The zero-order valence-electron chi connectivity index (χ0n) is 8.56. The van der Waals surface area contributed by atoms with Gasteiger partial charge in [0.2, 0.25) is 5.91 Å². The minimum absolute atomic E-state index is 0.00620. The quantitative estimate of drug-likeness (QED) is 0.764. The van der Waals surface area contributed by atoms with Crippen molar-refractivity contribution in [2.45, 2.75) is 6.92 Å². The first-order valence-electron chi connectivity index (χ1n) is 4.33. The van der Waals surface area contributed by atoms with E-state index in [2.05, 4.69) is 9.68 Å². The van der Waals surface area contributed by atoms with Gasteiger partial charge in [0.25, 0.3) is 0 Å².